The fourth-order valence-electron chi connectivity index (χ4n) is 2.93. The Morgan fingerprint density at radius 3 is 2.80 bits per heavy atom. The smallest absolute Gasteiger partial charge is 0.271 e. The summed E-state index contributed by atoms with van der Waals surface area (Å²) in [6.07, 6.45) is 1.70. The minimum atomic E-state index is -0.324. The van der Waals surface area contributed by atoms with Crippen LogP contribution in [0.5, 0.6) is 0 Å². The number of hydrogen-bond acceptors (Lipinski definition) is 4. The molecule has 2 aromatic heterocycles. The summed E-state index contributed by atoms with van der Waals surface area (Å²) in [5.74, 6) is -0.382. The number of aromatic amines is 1. The zero-order chi connectivity index (χ0) is 17.2. The van der Waals surface area contributed by atoms with E-state index in [0.29, 0.717) is 24.2 Å². The predicted molar refractivity (Wildman–Crippen MR) is 95.4 cm³/mol. The lowest BCUT2D eigenvalue weighted by Crippen LogP contribution is -2.46. The molecule has 3 heterocycles. The maximum Gasteiger partial charge on any atom is 0.271 e. The quantitative estimate of drug-likeness (QED) is 0.758. The van der Waals surface area contributed by atoms with E-state index in [4.69, 9.17) is 0 Å². The van der Waals surface area contributed by atoms with Crippen molar-refractivity contribution in [3.63, 3.8) is 0 Å². The molecule has 0 radical (unpaired) electrons. The predicted octanol–water partition coefficient (Wildman–Crippen LogP) is 2.90. The van der Waals surface area contributed by atoms with Crippen LogP contribution in [0.1, 0.15) is 10.5 Å². The first-order valence-corrected chi connectivity index (χ1v) is 8.94. The van der Waals surface area contributed by atoms with Gasteiger partial charge in [-0.2, -0.15) is 0 Å². The Bertz CT molecular complexity index is 906. The third-order valence-corrected chi connectivity index (χ3v) is 5.25. The third kappa shape index (κ3) is 3.25. The summed E-state index contributed by atoms with van der Waals surface area (Å²) < 4.78 is 13.8. The first-order chi connectivity index (χ1) is 12.2. The van der Waals surface area contributed by atoms with E-state index < -0.39 is 0 Å². The van der Waals surface area contributed by atoms with E-state index >= 15 is 0 Å². The second-order valence-electron chi connectivity index (χ2n) is 5.83. The largest absolute Gasteiger partial charge is 0.350 e. The number of halogens is 1. The zero-order valence-electron chi connectivity index (χ0n) is 13.5. The van der Waals surface area contributed by atoms with Gasteiger partial charge in [0.1, 0.15) is 16.5 Å². The highest BCUT2D eigenvalue weighted by Crippen LogP contribution is 2.36. The molecule has 1 saturated heterocycles. The average Bonchev–Trinajstić information content (AvgIpc) is 3.00. The topological polar surface area (TPSA) is 61.0 Å². The highest BCUT2D eigenvalue weighted by molar-refractivity contribution is 7.99. The van der Waals surface area contributed by atoms with Crippen molar-refractivity contribution in [2.45, 2.75) is 9.92 Å². The Labute approximate surface area is 148 Å². The van der Waals surface area contributed by atoms with Crippen LogP contribution in [-0.4, -0.2) is 47.0 Å². The van der Waals surface area contributed by atoms with Crippen molar-refractivity contribution in [2.24, 2.45) is 0 Å². The second-order valence-corrected chi connectivity index (χ2v) is 6.86. The van der Waals surface area contributed by atoms with Gasteiger partial charge in [-0.1, -0.05) is 17.8 Å². The van der Waals surface area contributed by atoms with Gasteiger partial charge in [-0.25, -0.2) is 9.37 Å². The molecule has 1 aromatic carbocycles. The van der Waals surface area contributed by atoms with Crippen LogP contribution >= 0.6 is 11.8 Å². The van der Waals surface area contributed by atoms with Crippen LogP contribution in [0, 0.1) is 5.82 Å². The second kappa shape index (κ2) is 6.85. The standard InChI is InChI=1S/C18H17FN4OS/c19-12-4-5-14-13(11-12)17(25-15-3-1-2-6-21-15)16(22-14)18(24)23-9-7-20-8-10-23/h1-6,11,20,22H,7-10H2. The van der Waals surface area contributed by atoms with Crippen LogP contribution in [0.3, 0.4) is 0 Å². The molecule has 7 heteroatoms. The van der Waals surface area contributed by atoms with Crippen LogP contribution in [-0.2, 0) is 0 Å². The molecule has 2 N–H and O–H groups in total. The Hall–Kier alpha value is -2.38. The Morgan fingerprint density at radius 2 is 2.04 bits per heavy atom. The first-order valence-electron chi connectivity index (χ1n) is 8.12. The molecular formula is C18H17FN4OS. The number of aromatic nitrogens is 2. The van der Waals surface area contributed by atoms with Crippen molar-refractivity contribution < 1.29 is 9.18 Å². The molecule has 128 valence electrons. The number of H-pyrrole nitrogens is 1. The zero-order valence-corrected chi connectivity index (χ0v) is 14.3. The molecule has 0 aliphatic carbocycles. The van der Waals surface area contributed by atoms with Crippen LogP contribution in [0.2, 0.25) is 0 Å². The van der Waals surface area contributed by atoms with Gasteiger partial charge in [-0.05, 0) is 30.3 Å². The molecule has 0 atom stereocenters. The molecule has 0 saturated carbocycles. The number of nitrogens with zero attached hydrogens (tertiary/aromatic N) is 2. The van der Waals surface area contributed by atoms with Crippen molar-refractivity contribution in [2.75, 3.05) is 26.2 Å². The number of benzene rings is 1. The number of hydrogen-bond donors (Lipinski definition) is 2. The summed E-state index contributed by atoms with van der Waals surface area (Å²) in [5, 5.41) is 4.71. The summed E-state index contributed by atoms with van der Waals surface area (Å²) in [6.45, 7) is 2.89. The fourth-order valence-corrected chi connectivity index (χ4v) is 3.92. The number of carbonyl (C=O) groups is 1. The highest BCUT2D eigenvalue weighted by atomic mass is 32.2. The average molecular weight is 356 g/mol. The van der Waals surface area contributed by atoms with Gasteiger partial charge in [0.15, 0.2) is 0 Å². The van der Waals surface area contributed by atoms with Crippen molar-refractivity contribution in [3.05, 3.63) is 54.1 Å². The molecule has 1 fully saturated rings. The number of amides is 1. The summed E-state index contributed by atoms with van der Waals surface area (Å²) in [6, 6.07) is 10.1. The summed E-state index contributed by atoms with van der Waals surface area (Å²) in [4.78, 5) is 23.0. The number of piperazine rings is 1. The van der Waals surface area contributed by atoms with Gasteiger partial charge < -0.3 is 15.2 Å². The minimum absolute atomic E-state index is 0.0588. The normalized spacial score (nSPS) is 14.8. The van der Waals surface area contributed by atoms with Gasteiger partial charge in [0, 0.05) is 43.3 Å². The van der Waals surface area contributed by atoms with Crippen molar-refractivity contribution in [1.82, 2.24) is 20.2 Å². The van der Waals surface area contributed by atoms with Gasteiger partial charge in [-0.3, -0.25) is 4.79 Å². The maximum absolute atomic E-state index is 13.8. The molecule has 25 heavy (non-hydrogen) atoms. The Morgan fingerprint density at radius 1 is 1.20 bits per heavy atom. The lowest BCUT2D eigenvalue weighted by Gasteiger charge is -2.27. The van der Waals surface area contributed by atoms with Gasteiger partial charge in [0.25, 0.3) is 5.91 Å². The maximum atomic E-state index is 13.8. The molecule has 1 aliphatic rings. The third-order valence-electron chi connectivity index (χ3n) is 4.18. The molecular weight excluding hydrogens is 339 g/mol. The van der Waals surface area contributed by atoms with E-state index in [1.807, 2.05) is 23.1 Å². The number of carbonyl (C=O) groups excluding carboxylic acids is 1. The van der Waals surface area contributed by atoms with Gasteiger partial charge >= 0.3 is 0 Å². The molecule has 0 bridgehead atoms. The lowest BCUT2D eigenvalue weighted by atomic mass is 10.2. The van der Waals surface area contributed by atoms with E-state index in [-0.39, 0.29) is 11.7 Å². The molecule has 1 aliphatic heterocycles. The Kier molecular flexibility index (Phi) is 4.42. The number of fused-ring (bicyclic) bond motifs is 1. The Balaban J connectivity index is 1.79. The highest BCUT2D eigenvalue weighted by Gasteiger charge is 2.25. The van der Waals surface area contributed by atoms with E-state index in [1.165, 1.54) is 23.9 Å². The van der Waals surface area contributed by atoms with Gasteiger partial charge in [-0.15, -0.1) is 0 Å². The molecule has 3 aromatic rings. The van der Waals surface area contributed by atoms with E-state index in [1.54, 1.807) is 12.3 Å². The van der Waals surface area contributed by atoms with Crippen LogP contribution in [0.25, 0.3) is 10.9 Å². The van der Waals surface area contributed by atoms with Crippen LogP contribution < -0.4 is 5.32 Å². The first kappa shape index (κ1) is 16.1. The molecule has 4 rings (SSSR count). The molecule has 0 spiro atoms. The van der Waals surface area contributed by atoms with Crippen molar-refractivity contribution in [1.29, 1.82) is 0 Å². The number of rotatable bonds is 3. The van der Waals surface area contributed by atoms with Crippen molar-refractivity contribution in [3.8, 4) is 0 Å². The van der Waals surface area contributed by atoms with E-state index in [9.17, 15) is 9.18 Å². The van der Waals surface area contributed by atoms with Crippen molar-refractivity contribution >= 4 is 28.6 Å². The monoisotopic (exact) mass is 356 g/mol. The lowest BCUT2D eigenvalue weighted by molar-refractivity contribution is 0.0727. The summed E-state index contributed by atoms with van der Waals surface area (Å²) >= 11 is 1.38. The SMILES string of the molecule is O=C(c1[nH]c2ccc(F)cc2c1Sc1ccccn1)N1CCNCC1. The molecule has 0 unspecified atom stereocenters. The van der Waals surface area contributed by atoms with E-state index in [2.05, 4.69) is 15.3 Å². The van der Waals surface area contributed by atoms with Gasteiger partial charge in [0.2, 0.25) is 0 Å². The van der Waals surface area contributed by atoms with E-state index in [0.717, 1.165) is 28.5 Å². The number of pyridine rings is 1. The van der Waals surface area contributed by atoms with Crippen LogP contribution in [0.4, 0.5) is 4.39 Å². The molecule has 1 amide bonds. The minimum Gasteiger partial charge on any atom is -0.350 e. The summed E-state index contributed by atoms with van der Waals surface area (Å²) in [7, 11) is 0. The van der Waals surface area contributed by atoms with Gasteiger partial charge in [0.05, 0.1) is 4.90 Å². The number of nitrogens with one attached hydrogen (secondary N) is 2. The fraction of sp³-hybridized carbons (Fsp3) is 0.222. The molecule has 5 nitrogen and oxygen atoms in total. The van der Waals surface area contributed by atoms with Crippen LogP contribution in [0.15, 0.2) is 52.5 Å². The summed E-state index contributed by atoms with van der Waals surface area (Å²) in [5.41, 5.74) is 1.25.